The maximum Gasteiger partial charge on any atom is 0.289 e. The molecule has 7 heteroatoms. The molecular weight excluding hydrogens is 340 g/mol. The number of para-hydroxylation sites is 1. The zero-order valence-corrected chi connectivity index (χ0v) is 14.8. The quantitative estimate of drug-likeness (QED) is 0.653. The second kappa shape index (κ2) is 6.93. The molecule has 0 amide bonds. The van der Waals surface area contributed by atoms with Crippen LogP contribution in [0.1, 0.15) is 42.5 Å². The molecule has 1 aliphatic rings. The van der Waals surface area contributed by atoms with E-state index >= 15 is 0 Å². The minimum atomic E-state index is -4.00. The van der Waals surface area contributed by atoms with E-state index in [0.717, 1.165) is 24.8 Å². The summed E-state index contributed by atoms with van der Waals surface area (Å²) in [4.78, 5) is 10.1. The predicted octanol–water partition coefficient (Wildman–Crippen LogP) is 3.51. The smallest absolute Gasteiger partial charge is 0.258 e. The van der Waals surface area contributed by atoms with Crippen LogP contribution in [-0.2, 0) is 22.9 Å². The van der Waals surface area contributed by atoms with Crippen molar-refractivity contribution in [2.24, 2.45) is 0 Å². The van der Waals surface area contributed by atoms with Gasteiger partial charge >= 0.3 is 0 Å². The highest BCUT2D eigenvalue weighted by molar-refractivity contribution is 7.89. The van der Waals surface area contributed by atoms with Crippen molar-refractivity contribution in [2.75, 3.05) is 0 Å². The van der Waals surface area contributed by atoms with Crippen molar-refractivity contribution in [1.82, 2.24) is 4.72 Å². The van der Waals surface area contributed by atoms with Crippen molar-refractivity contribution >= 4 is 15.7 Å². The lowest BCUT2D eigenvalue weighted by Gasteiger charge is -2.20. The predicted molar refractivity (Wildman–Crippen MR) is 94.9 cm³/mol. The number of nitro groups is 1. The van der Waals surface area contributed by atoms with Crippen LogP contribution in [0.3, 0.4) is 0 Å². The van der Waals surface area contributed by atoms with E-state index in [4.69, 9.17) is 0 Å². The minimum Gasteiger partial charge on any atom is -0.258 e. The highest BCUT2D eigenvalue weighted by Crippen LogP contribution is 2.27. The summed E-state index contributed by atoms with van der Waals surface area (Å²) in [5.74, 6) is 0. The van der Waals surface area contributed by atoms with E-state index in [1.807, 2.05) is 12.1 Å². The van der Waals surface area contributed by atoms with Crippen LogP contribution in [0.25, 0.3) is 0 Å². The Kier molecular flexibility index (Phi) is 4.87. The van der Waals surface area contributed by atoms with Gasteiger partial charge in [0.25, 0.3) is 5.69 Å². The summed E-state index contributed by atoms with van der Waals surface area (Å²) < 4.78 is 27.8. The first kappa shape index (κ1) is 17.6. The normalized spacial score (nSPS) is 15.4. The maximum atomic E-state index is 12.6. The Hall–Kier alpha value is -2.25. The molecule has 0 heterocycles. The van der Waals surface area contributed by atoms with Gasteiger partial charge in [-0.2, -0.15) is 0 Å². The molecule has 1 N–H and O–H groups in total. The van der Waals surface area contributed by atoms with Crippen molar-refractivity contribution in [3.8, 4) is 0 Å². The molecule has 0 spiro atoms. The highest BCUT2D eigenvalue weighted by atomic mass is 32.2. The van der Waals surface area contributed by atoms with Crippen LogP contribution in [0, 0.1) is 10.1 Å². The Balaban J connectivity index is 1.87. The summed E-state index contributed by atoms with van der Waals surface area (Å²) in [6, 6.07) is 10.9. The number of hydrogen-bond acceptors (Lipinski definition) is 4. The lowest BCUT2D eigenvalue weighted by Crippen LogP contribution is -2.27. The number of sulfonamides is 1. The Morgan fingerprint density at radius 2 is 1.76 bits per heavy atom. The summed E-state index contributed by atoms with van der Waals surface area (Å²) in [5, 5.41) is 11.1. The fourth-order valence-corrected chi connectivity index (χ4v) is 4.63. The number of rotatable bonds is 5. The Labute approximate surface area is 147 Å². The van der Waals surface area contributed by atoms with Gasteiger partial charge in [0.1, 0.15) is 0 Å². The van der Waals surface area contributed by atoms with E-state index in [9.17, 15) is 18.5 Å². The average molecular weight is 360 g/mol. The molecule has 1 aliphatic carbocycles. The molecule has 2 aromatic carbocycles. The first-order chi connectivity index (χ1) is 11.9. The molecule has 0 unspecified atom stereocenters. The van der Waals surface area contributed by atoms with Crippen LogP contribution in [0.2, 0.25) is 0 Å². The van der Waals surface area contributed by atoms with Crippen molar-refractivity contribution in [1.29, 1.82) is 0 Å². The molecule has 2 aromatic rings. The highest BCUT2D eigenvalue weighted by Gasteiger charge is 2.27. The van der Waals surface area contributed by atoms with Crippen LogP contribution in [0.15, 0.2) is 47.4 Å². The molecule has 0 fully saturated rings. The zero-order chi connectivity index (χ0) is 18.0. The fraction of sp³-hybridized carbons (Fsp3) is 0.333. The fourth-order valence-electron chi connectivity index (χ4n) is 3.22. The number of hydrogen-bond donors (Lipinski definition) is 1. The molecule has 0 saturated heterocycles. The minimum absolute atomic E-state index is 0.315. The molecule has 25 heavy (non-hydrogen) atoms. The molecule has 0 radical (unpaired) electrons. The van der Waals surface area contributed by atoms with Crippen LogP contribution < -0.4 is 4.72 Å². The number of nitrogens with one attached hydrogen (secondary N) is 1. The first-order valence-corrected chi connectivity index (χ1v) is 9.74. The first-order valence-electron chi connectivity index (χ1n) is 8.26. The zero-order valence-electron chi connectivity index (χ0n) is 13.9. The number of nitrogens with zero attached hydrogens (tertiary/aromatic N) is 1. The Morgan fingerprint density at radius 3 is 2.48 bits per heavy atom. The van der Waals surface area contributed by atoms with Gasteiger partial charge in [0.15, 0.2) is 4.90 Å². The van der Waals surface area contributed by atoms with E-state index in [1.165, 1.54) is 41.8 Å². The van der Waals surface area contributed by atoms with Gasteiger partial charge in [0, 0.05) is 12.1 Å². The lowest BCUT2D eigenvalue weighted by atomic mass is 9.89. The van der Waals surface area contributed by atoms with Gasteiger partial charge in [-0.3, -0.25) is 10.1 Å². The average Bonchev–Trinajstić information content (AvgIpc) is 2.61. The molecule has 132 valence electrons. The Bertz CT molecular complexity index is 909. The van der Waals surface area contributed by atoms with E-state index in [1.54, 1.807) is 6.92 Å². The summed E-state index contributed by atoms with van der Waals surface area (Å²) in [6.07, 6.45) is 4.40. The molecule has 3 rings (SSSR count). The van der Waals surface area contributed by atoms with Crippen LogP contribution in [-0.4, -0.2) is 13.3 Å². The summed E-state index contributed by atoms with van der Waals surface area (Å²) in [5.41, 5.74) is 3.03. The third-order valence-electron chi connectivity index (χ3n) is 4.56. The summed E-state index contributed by atoms with van der Waals surface area (Å²) in [6.45, 7) is 1.75. The van der Waals surface area contributed by atoms with Gasteiger partial charge < -0.3 is 0 Å². The number of aryl methyl sites for hydroxylation is 2. The standard InChI is InChI=1S/C18H20N2O4S/c1-13(15-11-10-14-6-2-3-7-16(14)12-15)19-25(23,24)18-9-5-4-8-17(18)20(21)22/h4-5,8-13,19H,2-3,6-7H2,1H3/t13-/m1/s1. The molecule has 0 saturated carbocycles. The van der Waals surface area contributed by atoms with Gasteiger partial charge in [-0.1, -0.05) is 30.3 Å². The third-order valence-corrected chi connectivity index (χ3v) is 6.14. The summed E-state index contributed by atoms with van der Waals surface area (Å²) >= 11 is 0. The van der Waals surface area contributed by atoms with E-state index in [2.05, 4.69) is 10.8 Å². The van der Waals surface area contributed by atoms with E-state index in [0.29, 0.717) is 0 Å². The second-order valence-corrected chi connectivity index (χ2v) is 7.99. The number of nitro benzene ring substituents is 1. The molecule has 0 aliphatic heterocycles. The topological polar surface area (TPSA) is 89.3 Å². The van der Waals surface area contributed by atoms with Crippen LogP contribution >= 0.6 is 0 Å². The molecule has 0 bridgehead atoms. The largest absolute Gasteiger partial charge is 0.289 e. The van der Waals surface area contributed by atoms with Gasteiger partial charge in [0.2, 0.25) is 10.0 Å². The van der Waals surface area contributed by atoms with Gasteiger partial charge in [0.05, 0.1) is 4.92 Å². The lowest BCUT2D eigenvalue weighted by molar-refractivity contribution is -0.387. The van der Waals surface area contributed by atoms with Crippen LogP contribution in [0.4, 0.5) is 5.69 Å². The van der Waals surface area contributed by atoms with Crippen LogP contribution in [0.5, 0.6) is 0 Å². The van der Waals surface area contributed by atoms with Gasteiger partial charge in [-0.15, -0.1) is 0 Å². The van der Waals surface area contributed by atoms with Crippen molar-refractivity contribution in [3.05, 3.63) is 69.3 Å². The molecular formula is C18H20N2O4S. The monoisotopic (exact) mass is 360 g/mol. The van der Waals surface area contributed by atoms with Crippen molar-refractivity contribution < 1.29 is 13.3 Å². The van der Waals surface area contributed by atoms with Gasteiger partial charge in [-0.25, -0.2) is 13.1 Å². The number of fused-ring (bicyclic) bond motifs is 1. The van der Waals surface area contributed by atoms with E-state index in [-0.39, 0.29) is 4.90 Å². The maximum absolute atomic E-state index is 12.6. The second-order valence-electron chi connectivity index (χ2n) is 6.30. The Morgan fingerprint density at radius 1 is 1.08 bits per heavy atom. The van der Waals surface area contributed by atoms with Crippen molar-refractivity contribution in [3.63, 3.8) is 0 Å². The third kappa shape index (κ3) is 3.72. The summed E-state index contributed by atoms with van der Waals surface area (Å²) in [7, 11) is -4.00. The number of benzene rings is 2. The SMILES string of the molecule is C[C@@H](NS(=O)(=O)c1ccccc1[N+](=O)[O-])c1ccc2c(c1)CCCC2. The molecule has 1 atom stereocenters. The van der Waals surface area contributed by atoms with Crippen molar-refractivity contribution in [2.45, 2.75) is 43.5 Å². The molecule has 6 nitrogen and oxygen atoms in total. The molecule has 0 aromatic heterocycles. The van der Waals surface area contributed by atoms with Gasteiger partial charge in [-0.05, 0) is 55.4 Å². The van der Waals surface area contributed by atoms with E-state index < -0.39 is 26.7 Å².